The molecule has 0 amide bonds. The van der Waals surface area contributed by atoms with Crippen LogP contribution in [0.25, 0.3) is 41.7 Å². The minimum Gasteiger partial charge on any atom is -0.310 e. The van der Waals surface area contributed by atoms with E-state index in [1.807, 2.05) is 11.3 Å². The predicted molar refractivity (Wildman–Crippen MR) is 231 cm³/mol. The second-order valence-electron chi connectivity index (χ2n) is 14.8. The molecule has 9 aromatic rings. The molecule has 0 unspecified atom stereocenters. The summed E-state index contributed by atoms with van der Waals surface area (Å²) >= 11 is 1.89. The lowest BCUT2D eigenvalue weighted by Crippen LogP contribution is -2.37. The van der Waals surface area contributed by atoms with Gasteiger partial charge in [0.25, 0.3) is 0 Å². The normalized spacial score (nSPS) is 11.8. The van der Waals surface area contributed by atoms with Gasteiger partial charge in [-0.3, -0.25) is 0 Å². The maximum absolute atomic E-state index is 2.41. The van der Waals surface area contributed by atoms with E-state index in [2.05, 4.69) is 206 Å². The van der Waals surface area contributed by atoms with Gasteiger partial charge in [-0.1, -0.05) is 103 Å². The fourth-order valence-electron chi connectivity index (χ4n) is 7.37. The third-order valence-corrected chi connectivity index (χ3v) is 13.4. The zero-order valence-corrected chi connectivity index (χ0v) is 31.8. The Hall–Kier alpha value is -5.68. The molecule has 0 aliphatic heterocycles. The van der Waals surface area contributed by atoms with Crippen LogP contribution >= 0.6 is 11.3 Å². The fraction of sp³-hybridized carbons (Fsp3) is 0.0833. The first-order chi connectivity index (χ1) is 25.3. The lowest BCUT2D eigenvalue weighted by Gasteiger charge is -2.27. The molecule has 0 saturated carbocycles. The lowest BCUT2D eigenvalue weighted by molar-refractivity contribution is 1.28. The largest absolute Gasteiger partial charge is 0.310 e. The van der Waals surface area contributed by atoms with Gasteiger partial charge in [0.2, 0.25) is 0 Å². The van der Waals surface area contributed by atoms with Gasteiger partial charge in [0.1, 0.15) is 0 Å². The highest BCUT2D eigenvalue weighted by Crippen LogP contribution is 2.42. The summed E-state index contributed by atoms with van der Waals surface area (Å²) in [5.74, 6) is 0. The number of para-hydroxylation sites is 2. The van der Waals surface area contributed by atoms with Gasteiger partial charge in [-0.2, -0.15) is 0 Å². The molecule has 0 aliphatic rings. The van der Waals surface area contributed by atoms with Crippen LogP contribution < -0.4 is 15.0 Å². The Labute approximate surface area is 310 Å². The van der Waals surface area contributed by atoms with Crippen molar-refractivity contribution >= 4 is 100 Å². The van der Waals surface area contributed by atoms with Crippen LogP contribution in [0.15, 0.2) is 170 Å². The topological polar surface area (TPSA) is 6.48 Å². The molecule has 0 saturated heterocycles. The Kier molecular flexibility index (Phi) is 7.95. The van der Waals surface area contributed by atoms with Crippen molar-refractivity contribution in [1.29, 1.82) is 0 Å². The average Bonchev–Trinajstić information content (AvgIpc) is 3.50. The fourth-order valence-corrected chi connectivity index (χ4v) is 9.70. The second-order valence-corrected chi connectivity index (χ2v) is 21.0. The van der Waals surface area contributed by atoms with Gasteiger partial charge in [-0.25, -0.2) is 0 Å². The molecule has 0 fully saturated rings. The van der Waals surface area contributed by atoms with Crippen molar-refractivity contribution < 1.29 is 0 Å². The number of aryl methyl sites for hydroxylation is 1. The Morgan fingerprint density at radius 1 is 0.385 bits per heavy atom. The minimum absolute atomic E-state index is 1.14. The van der Waals surface area contributed by atoms with Gasteiger partial charge in [0, 0.05) is 54.3 Å². The molecule has 9 rings (SSSR count). The van der Waals surface area contributed by atoms with Crippen LogP contribution in [0.2, 0.25) is 19.6 Å². The molecule has 2 nitrogen and oxygen atoms in total. The highest BCUT2D eigenvalue weighted by atomic mass is 32.1. The number of hydrogen-bond donors (Lipinski definition) is 0. The van der Waals surface area contributed by atoms with Gasteiger partial charge < -0.3 is 9.80 Å². The van der Waals surface area contributed by atoms with Crippen molar-refractivity contribution in [1.82, 2.24) is 0 Å². The number of fused-ring (bicyclic) bond motifs is 5. The Bertz CT molecular complexity index is 2710. The smallest absolute Gasteiger partial charge is 0.0775 e. The summed E-state index contributed by atoms with van der Waals surface area (Å²) in [5, 5.41) is 9.08. The van der Waals surface area contributed by atoms with E-state index in [1.54, 1.807) is 0 Å². The number of hydrogen-bond acceptors (Lipinski definition) is 3. The van der Waals surface area contributed by atoms with Crippen LogP contribution in [0.3, 0.4) is 0 Å². The van der Waals surface area contributed by atoms with Crippen molar-refractivity contribution in [3.8, 4) is 0 Å². The van der Waals surface area contributed by atoms with Gasteiger partial charge in [0.05, 0.1) is 8.07 Å². The van der Waals surface area contributed by atoms with Crippen molar-refractivity contribution in [3.63, 3.8) is 0 Å². The summed E-state index contributed by atoms with van der Waals surface area (Å²) in [6.45, 7) is 9.35. The van der Waals surface area contributed by atoms with Crippen molar-refractivity contribution in [2.75, 3.05) is 9.80 Å². The molecule has 252 valence electrons. The van der Waals surface area contributed by atoms with E-state index in [1.165, 1.54) is 58.2 Å². The zero-order chi connectivity index (χ0) is 35.4. The third kappa shape index (κ3) is 5.94. The van der Waals surface area contributed by atoms with E-state index in [4.69, 9.17) is 0 Å². The number of benzene rings is 8. The molecular formula is C48H40N2SSi. The summed E-state index contributed by atoms with van der Waals surface area (Å²) in [4.78, 5) is 4.73. The SMILES string of the molecule is Cc1ccc(N(c2ccccc2)c2ccc3cc4sc5cc6ccc(N(c7ccccc7)c7ccc([Si](C)(C)C)cc7)cc6cc5c4cc3c2)cc1. The predicted octanol–water partition coefficient (Wildman–Crippen LogP) is 14.2. The van der Waals surface area contributed by atoms with Crippen LogP contribution in [0.5, 0.6) is 0 Å². The lowest BCUT2D eigenvalue weighted by atomic mass is 10.0. The molecule has 0 aliphatic carbocycles. The van der Waals surface area contributed by atoms with Crippen LogP contribution in [0, 0.1) is 6.92 Å². The summed E-state index contributed by atoms with van der Waals surface area (Å²) in [6, 6.07) is 62.7. The number of anilines is 6. The molecule has 0 radical (unpaired) electrons. The quantitative estimate of drug-likeness (QED) is 0.152. The van der Waals surface area contributed by atoms with E-state index >= 15 is 0 Å². The molecule has 0 N–H and O–H groups in total. The summed E-state index contributed by atoms with van der Waals surface area (Å²) in [5.41, 5.74) is 8.18. The van der Waals surface area contributed by atoms with E-state index in [0.29, 0.717) is 0 Å². The number of nitrogens with zero attached hydrogens (tertiary/aromatic N) is 2. The first-order valence-corrected chi connectivity index (χ1v) is 22.3. The van der Waals surface area contributed by atoms with Crippen LogP contribution in [-0.2, 0) is 0 Å². The summed E-state index contributed by atoms with van der Waals surface area (Å²) < 4.78 is 2.64. The van der Waals surface area contributed by atoms with Gasteiger partial charge >= 0.3 is 0 Å². The van der Waals surface area contributed by atoms with Crippen molar-refractivity contribution in [2.45, 2.75) is 26.6 Å². The first-order valence-electron chi connectivity index (χ1n) is 18.0. The molecule has 0 atom stereocenters. The zero-order valence-electron chi connectivity index (χ0n) is 30.0. The van der Waals surface area contributed by atoms with Crippen LogP contribution in [-0.4, -0.2) is 8.07 Å². The van der Waals surface area contributed by atoms with Crippen molar-refractivity contribution in [2.24, 2.45) is 0 Å². The van der Waals surface area contributed by atoms with E-state index in [0.717, 1.165) is 28.4 Å². The van der Waals surface area contributed by atoms with Gasteiger partial charge in [-0.15, -0.1) is 11.3 Å². The Balaban J connectivity index is 1.16. The molecule has 1 heterocycles. The monoisotopic (exact) mass is 704 g/mol. The van der Waals surface area contributed by atoms with Crippen LogP contribution in [0.1, 0.15) is 5.56 Å². The second kappa shape index (κ2) is 12.8. The van der Waals surface area contributed by atoms with Crippen LogP contribution in [0.4, 0.5) is 34.1 Å². The maximum Gasteiger partial charge on any atom is 0.0775 e. The van der Waals surface area contributed by atoms with E-state index in [9.17, 15) is 0 Å². The first kappa shape index (κ1) is 32.2. The summed E-state index contributed by atoms with van der Waals surface area (Å²) in [6.07, 6.45) is 0. The summed E-state index contributed by atoms with van der Waals surface area (Å²) in [7, 11) is -1.41. The average molecular weight is 705 g/mol. The molecule has 8 aromatic carbocycles. The third-order valence-electron chi connectivity index (χ3n) is 10.2. The molecule has 1 aromatic heterocycles. The molecule has 0 spiro atoms. The molecule has 52 heavy (non-hydrogen) atoms. The molecular weight excluding hydrogens is 665 g/mol. The number of thiophene rings is 1. The van der Waals surface area contributed by atoms with Gasteiger partial charge in [-0.05, 0) is 126 Å². The van der Waals surface area contributed by atoms with E-state index < -0.39 is 8.07 Å². The maximum atomic E-state index is 2.41. The van der Waals surface area contributed by atoms with Crippen molar-refractivity contribution in [3.05, 3.63) is 175 Å². The minimum atomic E-state index is -1.41. The standard InChI is InChI=1S/C48H40N2SSi/c1-33-15-19-40(20-16-33)49(38-11-7-5-8-12-38)42-21-17-34-31-47-45(29-36(34)27-42)46-30-37-28-43(22-18-35(37)32-48(46)51-47)50(39-13-9-6-10-14-39)41-23-25-44(26-24-41)52(2,3)4/h5-32H,1-4H3. The molecule has 0 bridgehead atoms. The Morgan fingerprint density at radius 3 is 1.23 bits per heavy atom. The Morgan fingerprint density at radius 2 is 0.788 bits per heavy atom. The highest BCUT2D eigenvalue weighted by Gasteiger charge is 2.19. The number of rotatable bonds is 7. The van der Waals surface area contributed by atoms with Gasteiger partial charge in [0.15, 0.2) is 0 Å². The highest BCUT2D eigenvalue weighted by molar-refractivity contribution is 7.26. The van der Waals surface area contributed by atoms with E-state index in [-0.39, 0.29) is 0 Å². The molecule has 4 heteroatoms.